The van der Waals surface area contributed by atoms with Crippen LogP contribution in [-0.4, -0.2) is 21.8 Å². The van der Waals surface area contributed by atoms with Crippen molar-refractivity contribution in [3.8, 4) is 0 Å². The molecule has 0 unspecified atom stereocenters. The third kappa shape index (κ3) is 3.34. The van der Waals surface area contributed by atoms with Crippen LogP contribution in [-0.2, 0) is 9.59 Å². The fourth-order valence-electron chi connectivity index (χ4n) is 3.30. The zero-order valence-electron chi connectivity index (χ0n) is 15.7. The molecule has 3 aromatic rings. The van der Waals surface area contributed by atoms with Crippen LogP contribution in [0.3, 0.4) is 0 Å². The van der Waals surface area contributed by atoms with Gasteiger partial charge >= 0.3 is 5.91 Å². The fraction of sp³-hybridized carbons (Fsp3) is 0.136. The Hall–Kier alpha value is -2.96. The number of amides is 1. The van der Waals surface area contributed by atoms with Gasteiger partial charge in [-0.3, -0.25) is 14.5 Å². The van der Waals surface area contributed by atoms with Gasteiger partial charge in [0.25, 0.3) is 5.78 Å². The molecule has 1 aliphatic heterocycles. The Morgan fingerprint density at radius 1 is 1.07 bits per heavy atom. The summed E-state index contributed by atoms with van der Waals surface area (Å²) in [4.78, 5) is 32.8. The molecule has 0 radical (unpaired) electrons. The van der Waals surface area contributed by atoms with Crippen molar-refractivity contribution in [2.75, 3.05) is 4.90 Å². The maximum Gasteiger partial charge on any atom is 0.301 e. The Morgan fingerprint density at radius 2 is 1.72 bits per heavy atom. The first-order valence-corrected chi connectivity index (χ1v) is 10.1. The number of Topliss-reactive ketones (excluding diaryl/α,β-unsaturated/α-hetero) is 1. The lowest BCUT2D eigenvalue weighted by Gasteiger charge is -2.23. The molecule has 0 spiro atoms. The van der Waals surface area contributed by atoms with E-state index in [0.717, 1.165) is 10.6 Å². The number of carbonyl (C=O) groups excluding carboxylic acids is 2. The Kier molecular flexibility index (Phi) is 4.98. The van der Waals surface area contributed by atoms with Crippen molar-refractivity contribution in [3.63, 3.8) is 0 Å². The number of ketones is 1. The summed E-state index contributed by atoms with van der Waals surface area (Å²) >= 11 is 7.37. The van der Waals surface area contributed by atoms with Gasteiger partial charge in [0.05, 0.1) is 17.3 Å². The number of aromatic nitrogens is 1. The summed E-state index contributed by atoms with van der Waals surface area (Å²) in [6.07, 6.45) is 0. The fourth-order valence-corrected chi connectivity index (χ4v) is 4.36. The first-order valence-electron chi connectivity index (χ1n) is 8.94. The van der Waals surface area contributed by atoms with Gasteiger partial charge in [-0.2, -0.15) is 0 Å². The first kappa shape index (κ1) is 19.4. The number of halogens is 1. The number of aliphatic hydroxyl groups is 1. The zero-order valence-corrected chi connectivity index (χ0v) is 17.3. The number of rotatable bonds is 3. The molecule has 1 amide bonds. The van der Waals surface area contributed by atoms with Gasteiger partial charge in [0.15, 0.2) is 5.13 Å². The molecule has 0 aliphatic carbocycles. The Morgan fingerprint density at radius 3 is 2.31 bits per heavy atom. The maximum atomic E-state index is 13.0. The summed E-state index contributed by atoms with van der Waals surface area (Å²) in [5.41, 5.74) is 1.96. The zero-order chi connectivity index (χ0) is 20.7. The van der Waals surface area contributed by atoms with E-state index in [4.69, 9.17) is 11.6 Å². The lowest BCUT2D eigenvalue weighted by Crippen LogP contribution is -2.29. The van der Waals surface area contributed by atoms with Crippen LogP contribution in [0.25, 0.3) is 5.76 Å². The first-order chi connectivity index (χ1) is 13.9. The number of benzene rings is 2. The van der Waals surface area contributed by atoms with Gasteiger partial charge in [-0.25, -0.2) is 4.98 Å². The molecule has 1 atom stereocenters. The highest BCUT2D eigenvalue weighted by molar-refractivity contribution is 7.16. The van der Waals surface area contributed by atoms with Gasteiger partial charge < -0.3 is 5.11 Å². The number of aryl methyl sites for hydroxylation is 2. The van der Waals surface area contributed by atoms with Gasteiger partial charge in [0.1, 0.15) is 5.76 Å². The second-order valence-electron chi connectivity index (χ2n) is 6.72. The number of anilines is 1. The largest absolute Gasteiger partial charge is 0.507 e. The number of aliphatic hydroxyl groups excluding tert-OH is 1. The van der Waals surface area contributed by atoms with Crippen molar-refractivity contribution >= 4 is 45.5 Å². The molecule has 29 heavy (non-hydrogen) atoms. The molecule has 7 heteroatoms. The van der Waals surface area contributed by atoms with Crippen molar-refractivity contribution in [2.45, 2.75) is 19.9 Å². The van der Waals surface area contributed by atoms with E-state index in [2.05, 4.69) is 4.98 Å². The molecule has 0 bridgehead atoms. The minimum atomic E-state index is -0.794. The maximum absolute atomic E-state index is 13.0. The Labute approximate surface area is 176 Å². The topological polar surface area (TPSA) is 70.5 Å². The van der Waals surface area contributed by atoms with E-state index >= 15 is 0 Å². The highest BCUT2D eigenvalue weighted by Gasteiger charge is 2.48. The normalized spacial score (nSPS) is 18.4. The van der Waals surface area contributed by atoms with E-state index in [1.807, 2.05) is 19.9 Å². The SMILES string of the molecule is Cc1nc(N2C(=O)C(=O)/C(=C(/O)c3ccccc3)[C@@H]2c2ccc(Cl)cc2)sc1C. The summed E-state index contributed by atoms with van der Waals surface area (Å²) in [6, 6.07) is 14.8. The van der Waals surface area contributed by atoms with E-state index in [1.165, 1.54) is 16.2 Å². The average molecular weight is 425 g/mol. The quantitative estimate of drug-likeness (QED) is 0.363. The number of hydrogen-bond acceptors (Lipinski definition) is 5. The summed E-state index contributed by atoms with van der Waals surface area (Å²) < 4.78 is 0. The van der Waals surface area contributed by atoms with Crippen LogP contribution in [0.5, 0.6) is 0 Å². The summed E-state index contributed by atoms with van der Waals surface area (Å²) in [6.45, 7) is 3.77. The number of hydrogen-bond donors (Lipinski definition) is 1. The Bertz CT molecular complexity index is 1120. The van der Waals surface area contributed by atoms with Crippen LogP contribution in [0.1, 0.15) is 27.7 Å². The third-order valence-corrected chi connectivity index (χ3v) is 6.22. The van der Waals surface area contributed by atoms with Crippen LogP contribution in [0.4, 0.5) is 5.13 Å². The van der Waals surface area contributed by atoms with Crippen molar-refractivity contribution < 1.29 is 14.7 Å². The van der Waals surface area contributed by atoms with Crippen LogP contribution < -0.4 is 4.90 Å². The molecule has 146 valence electrons. The van der Waals surface area contributed by atoms with E-state index in [0.29, 0.717) is 21.3 Å². The van der Waals surface area contributed by atoms with Gasteiger partial charge in [-0.1, -0.05) is 54.1 Å². The summed E-state index contributed by atoms with van der Waals surface area (Å²) in [7, 11) is 0. The van der Waals surface area contributed by atoms with Crippen molar-refractivity contribution in [1.82, 2.24) is 4.98 Å². The van der Waals surface area contributed by atoms with Gasteiger partial charge in [0, 0.05) is 15.5 Å². The molecule has 1 saturated heterocycles. The summed E-state index contributed by atoms with van der Waals surface area (Å²) in [5, 5.41) is 11.9. The van der Waals surface area contributed by atoms with Crippen molar-refractivity contribution in [3.05, 3.63) is 86.9 Å². The van der Waals surface area contributed by atoms with Crippen LogP contribution in [0, 0.1) is 13.8 Å². The standard InChI is InChI=1S/C22H17ClN2O3S/c1-12-13(2)29-22(24-12)25-18(14-8-10-16(23)11-9-14)17(20(27)21(25)28)19(26)15-6-4-3-5-7-15/h3-11,18,26H,1-2H3/b19-17+/t18-/m0/s1. The van der Waals surface area contributed by atoms with Crippen molar-refractivity contribution in [2.24, 2.45) is 0 Å². The molecule has 1 aromatic heterocycles. The molecule has 2 aromatic carbocycles. The lowest BCUT2D eigenvalue weighted by molar-refractivity contribution is -0.132. The van der Waals surface area contributed by atoms with E-state index in [9.17, 15) is 14.7 Å². The highest BCUT2D eigenvalue weighted by atomic mass is 35.5. The van der Waals surface area contributed by atoms with Crippen LogP contribution >= 0.6 is 22.9 Å². The molecule has 5 nitrogen and oxygen atoms in total. The third-order valence-electron chi connectivity index (χ3n) is 4.90. The summed E-state index contributed by atoms with van der Waals surface area (Å²) in [5.74, 6) is -1.66. The molecule has 1 N–H and O–H groups in total. The molecule has 1 fully saturated rings. The molecule has 0 saturated carbocycles. The van der Waals surface area contributed by atoms with Gasteiger partial charge in [-0.15, -0.1) is 11.3 Å². The Balaban J connectivity index is 1.95. The van der Waals surface area contributed by atoms with E-state index < -0.39 is 17.7 Å². The van der Waals surface area contributed by atoms with Crippen LogP contribution in [0.2, 0.25) is 5.02 Å². The average Bonchev–Trinajstić information content (AvgIpc) is 3.18. The highest BCUT2D eigenvalue weighted by Crippen LogP contribution is 2.43. The molecular weight excluding hydrogens is 408 g/mol. The smallest absolute Gasteiger partial charge is 0.301 e. The number of thiazole rings is 1. The number of carbonyl (C=O) groups is 2. The molecule has 1 aliphatic rings. The molecule has 2 heterocycles. The minimum Gasteiger partial charge on any atom is -0.507 e. The predicted molar refractivity (Wildman–Crippen MR) is 114 cm³/mol. The number of nitrogens with zero attached hydrogens (tertiary/aromatic N) is 2. The van der Waals surface area contributed by atoms with Gasteiger partial charge in [0.2, 0.25) is 0 Å². The predicted octanol–water partition coefficient (Wildman–Crippen LogP) is 5.04. The minimum absolute atomic E-state index is 0.0361. The second-order valence-corrected chi connectivity index (χ2v) is 8.34. The van der Waals surface area contributed by atoms with Crippen molar-refractivity contribution in [1.29, 1.82) is 0 Å². The monoisotopic (exact) mass is 424 g/mol. The molecular formula is C22H17ClN2O3S. The lowest BCUT2D eigenvalue weighted by atomic mass is 9.95. The molecule has 4 rings (SSSR count). The van der Waals surface area contributed by atoms with E-state index in [1.54, 1.807) is 48.5 Å². The van der Waals surface area contributed by atoms with Crippen LogP contribution in [0.15, 0.2) is 60.2 Å². The van der Waals surface area contributed by atoms with Gasteiger partial charge in [-0.05, 0) is 31.5 Å². The van der Waals surface area contributed by atoms with E-state index in [-0.39, 0.29) is 11.3 Å². The second kappa shape index (κ2) is 7.46.